The fraction of sp³-hybridized carbons (Fsp3) is 0.429. The van der Waals surface area contributed by atoms with Crippen LogP contribution >= 0.6 is 15.9 Å². The molecule has 1 saturated heterocycles. The van der Waals surface area contributed by atoms with Crippen LogP contribution in [0.25, 0.3) is 0 Å². The molecule has 2 amide bonds. The van der Waals surface area contributed by atoms with Crippen molar-refractivity contribution in [2.45, 2.75) is 0 Å². The molecule has 0 aliphatic carbocycles. The van der Waals surface area contributed by atoms with E-state index in [9.17, 15) is 9.59 Å². The maximum atomic E-state index is 11.8. The maximum Gasteiger partial charge on any atom is 0.410 e. The number of anilines is 1. The Morgan fingerprint density at radius 2 is 1.81 bits per heavy atom. The number of nitrogens with zero attached hydrogens (tertiary/aromatic N) is 2. The molecule has 2 rings (SSSR count). The summed E-state index contributed by atoms with van der Waals surface area (Å²) >= 11 is 3.41. The van der Waals surface area contributed by atoms with Crippen LogP contribution in [0.4, 0.5) is 10.5 Å². The Kier molecular flexibility index (Phi) is 5.44. The molecule has 0 atom stereocenters. The number of likely N-dealkylation sites (N-methyl/N-ethyl adjacent to an activating group) is 1. The molecule has 1 aliphatic heterocycles. The lowest BCUT2D eigenvalue weighted by Crippen LogP contribution is -2.49. The predicted octanol–water partition coefficient (Wildman–Crippen LogP) is 1.45. The van der Waals surface area contributed by atoms with E-state index < -0.39 is 6.09 Å². The summed E-state index contributed by atoms with van der Waals surface area (Å²) in [5.74, 6) is -0.308. The first-order valence-corrected chi connectivity index (χ1v) is 7.52. The molecule has 0 saturated carbocycles. The molecule has 0 spiro atoms. The highest BCUT2D eigenvalue weighted by molar-refractivity contribution is 9.10. The maximum absolute atomic E-state index is 11.8. The van der Waals surface area contributed by atoms with Crippen LogP contribution in [0.15, 0.2) is 28.7 Å². The van der Waals surface area contributed by atoms with Crippen LogP contribution in [0, 0.1) is 0 Å². The van der Waals surface area contributed by atoms with Crippen molar-refractivity contribution in [1.29, 1.82) is 0 Å². The van der Waals surface area contributed by atoms with Gasteiger partial charge in [0.1, 0.15) is 0 Å². The van der Waals surface area contributed by atoms with Crippen LogP contribution < -0.4 is 10.2 Å². The number of piperazine rings is 1. The van der Waals surface area contributed by atoms with Crippen molar-refractivity contribution < 1.29 is 14.3 Å². The minimum atomic E-state index is -0.436. The Morgan fingerprint density at radius 1 is 1.19 bits per heavy atom. The van der Waals surface area contributed by atoms with Gasteiger partial charge in [-0.25, -0.2) is 4.79 Å². The topological polar surface area (TPSA) is 61.9 Å². The van der Waals surface area contributed by atoms with Crippen molar-refractivity contribution in [3.63, 3.8) is 0 Å². The molecule has 1 fully saturated rings. The van der Waals surface area contributed by atoms with E-state index in [1.54, 1.807) is 4.90 Å². The minimum absolute atomic E-state index is 0.234. The molecule has 7 heteroatoms. The second-order valence-corrected chi connectivity index (χ2v) is 5.59. The molecule has 1 heterocycles. The Balaban J connectivity index is 1.81. The Hall–Kier alpha value is -1.76. The lowest BCUT2D eigenvalue weighted by Gasteiger charge is -2.35. The fourth-order valence-electron chi connectivity index (χ4n) is 2.09. The first kappa shape index (κ1) is 15.6. The van der Waals surface area contributed by atoms with Crippen molar-refractivity contribution in [3.8, 4) is 0 Å². The quantitative estimate of drug-likeness (QED) is 0.891. The van der Waals surface area contributed by atoms with Gasteiger partial charge in [-0.05, 0) is 24.3 Å². The third-order valence-electron chi connectivity index (χ3n) is 3.34. The molecular formula is C14H18BrN3O3. The SMILES string of the molecule is CNC(=O)COC(=O)N1CCN(c2ccc(Br)cc2)CC1. The average Bonchev–Trinajstić information content (AvgIpc) is 2.53. The molecular weight excluding hydrogens is 338 g/mol. The first-order valence-electron chi connectivity index (χ1n) is 6.73. The van der Waals surface area contributed by atoms with Crippen molar-refractivity contribution in [2.24, 2.45) is 0 Å². The number of amides is 2. The molecule has 0 unspecified atom stereocenters. The van der Waals surface area contributed by atoms with E-state index in [4.69, 9.17) is 4.74 Å². The van der Waals surface area contributed by atoms with E-state index in [1.807, 2.05) is 24.3 Å². The smallest absolute Gasteiger partial charge is 0.410 e. The summed E-state index contributed by atoms with van der Waals surface area (Å²) < 4.78 is 5.99. The summed E-state index contributed by atoms with van der Waals surface area (Å²) in [5, 5.41) is 2.41. The second kappa shape index (κ2) is 7.31. The number of halogens is 1. The number of hydrogen-bond donors (Lipinski definition) is 1. The van der Waals surface area contributed by atoms with Crippen molar-refractivity contribution in [2.75, 3.05) is 44.7 Å². The normalized spacial score (nSPS) is 14.8. The zero-order chi connectivity index (χ0) is 15.2. The highest BCUT2D eigenvalue weighted by Gasteiger charge is 2.22. The van der Waals surface area contributed by atoms with E-state index in [1.165, 1.54) is 7.05 Å². The Bertz CT molecular complexity index is 499. The summed E-state index contributed by atoms with van der Waals surface area (Å²) in [7, 11) is 1.51. The van der Waals surface area contributed by atoms with Gasteiger partial charge in [0.2, 0.25) is 0 Å². The molecule has 114 valence electrons. The van der Waals surface area contributed by atoms with Gasteiger partial charge >= 0.3 is 6.09 Å². The zero-order valence-corrected chi connectivity index (χ0v) is 13.4. The van der Waals surface area contributed by atoms with Crippen LogP contribution in [-0.2, 0) is 9.53 Å². The first-order chi connectivity index (χ1) is 10.1. The van der Waals surface area contributed by atoms with E-state index in [-0.39, 0.29) is 12.5 Å². The van der Waals surface area contributed by atoms with Gasteiger partial charge in [0.05, 0.1) is 0 Å². The number of carbonyl (C=O) groups excluding carboxylic acids is 2. The predicted molar refractivity (Wildman–Crippen MR) is 83.3 cm³/mol. The largest absolute Gasteiger partial charge is 0.439 e. The lowest BCUT2D eigenvalue weighted by molar-refractivity contribution is -0.123. The van der Waals surface area contributed by atoms with Gasteiger partial charge in [0, 0.05) is 43.4 Å². The molecule has 0 aromatic heterocycles. The third-order valence-corrected chi connectivity index (χ3v) is 3.86. The van der Waals surface area contributed by atoms with Gasteiger partial charge in [-0.3, -0.25) is 4.79 Å². The molecule has 0 bridgehead atoms. The van der Waals surface area contributed by atoms with E-state index >= 15 is 0 Å². The highest BCUT2D eigenvalue weighted by atomic mass is 79.9. The fourth-order valence-corrected chi connectivity index (χ4v) is 2.35. The molecule has 0 radical (unpaired) electrons. The molecule has 21 heavy (non-hydrogen) atoms. The van der Waals surface area contributed by atoms with Crippen molar-refractivity contribution in [3.05, 3.63) is 28.7 Å². The van der Waals surface area contributed by atoms with E-state index in [0.29, 0.717) is 13.1 Å². The van der Waals surface area contributed by atoms with Crippen LogP contribution in [0.1, 0.15) is 0 Å². The van der Waals surface area contributed by atoms with Gasteiger partial charge in [0.15, 0.2) is 6.61 Å². The van der Waals surface area contributed by atoms with Crippen molar-refractivity contribution >= 4 is 33.6 Å². The van der Waals surface area contributed by atoms with Gasteiger partial charge in [0.25, 0.3) is 5.91 Å². The van der Waals surface area contributed by atoms with Gasteiger partial charge in [-0.2, -0.15) is 0 Å². The number of ether oxygens (including phenoxy) is 1. The molecule has 1 N–H and O–H groups in total. The van der Waals surface area contributed by atoms with Crippen LogP contribution in [0.5, 0.6) is 0 Å². The highest BCUT2D eigenvalue weighted by Crippen LogP contribution is 2.19. The van der Waals surface area contributed by atoms with E-state index in [0.717, 1.165) is 23.2 Å². The number of nitrogens with one attached hydrogen (secondary N) is 1. The second-order valence-electron chi connectivity index (χ2n) is 4.68. The number of hydrogen-bond acceptors (Lipinski definition) is 4. The summed E-state index contributed by atoms with van der Waals surface area (Å²) in [6, 6.07) is 8.09. The Morgan fingerprint density at radius 3 is 2.38 bits per heavy atom. The van der Waals surface area contributed by atoms with E-state index in [2.05, 4.69) is 26.1 Å². The number of carbonyl (C=O) groups is 2. The molecule has 1 aromatic carbocycles. The number of rotatable bonds is 3. The van der Waals surface area contributed by atoms with Crippen LogP contribution in [-0.4, -0.2) is 56.7 Å². The van der Waals surface area contributed by atoms with Crippen molar-refractivity contribution in [1.82, 2.24) is 10.2 Å². The van der Waals surface area contributed by atoms with Gasteiger partial charge in [-0.15, -0.1) is 0 Å². The van der Waals surface area contributed by atoms with Gasteiger partial charge < -0.3 is 19.9 Å². The summed E-state index contributed by atoms with van der Waals surface area (Å²) in [6.45, 7) is 2.43. The Labute approximate surface area is 132 Å². The average molecular weight is 356 g/mol. The number of benzene rings is 1. The standard InChI is InChI=1S/C14H18BrN3O3/c1-16-13(19)10-21-14(20)18-8-6-17(7-9-18)12-4-2-11(15)3-5-12/h2-5H,6-10H2,1H3,(H,16,19). The summed E-state index contributed by atoms with van der Waals surface area (Å²) in [4.78, 5) is 26.7. The van der Waals surface area contributed by atoms with Gasteiger partial charge in [-0.1, -0.05) is 15.9 Å². The zero-order valence-electron chi connectivity index (χ0n) is 11.8. The summed E-state index contributed by atoms with van der Waals surface area (Å²) in [6.07, 6.45) is -0.436. The minimum Gasteiger partial charge on any atom is -0.439 e. The monoisotopic (exact) mass is 355 g/mol. The van der Waals surface area contributed by atoms with Crippen LogP contribution in [0.2, 0.25) is 0 Å². The summed E-state index contributed by atoms with van der Waals surface area (Å²) in [5.41, 5.74) is 1.14. The molecule has 1 aliphatic rings. The molecule has 6 nitrogen and oxygen atoms in total. The lowest BCUT2D eigenvalue weighted by atomic mass is 10.2. The van der Waals surface area contributed by atoms with Crippen LogP contribution in [0.3, 0.4) is 0 Å². The third kappa shape index (κ3) is 4.35. The molecule has 1 aromatic rings.